The molecule has 1 aliphatic heterocycles. The van der Waals surface area contributed by atoms with Crippen molar-refractivity contribution in [3.63, 3.8) is 0 Å². The van der Waals surface area contributed by atoms with Gasteiger partial charge in [-0.3, -0.25) is 9.59 Å². The number of carbonyl (C=O) groups is 2. The fourth-order valence-electron chi connectivity index (χ4n) is 3.08. The molecule has 0 aliphatic carbocycles. The van der Waals surface area contributed by atoms with Crippen LogP contribution < -0.4 is 4.74 Å². The van der Waals surface area contributed by atoms with Crippen LogP contribution >= 0.6 is 0 Å². The van der Waals surface area contributed by atoms with E-state index in [0.29, 0.717) is 12.3 Å². The molecule has 1 aromatic rings. The highest BCUT2D eigenvalue weighted by Crippen LogP contribution is 2.42. The number of aliphatic hydroxyl groups excluding tert-OH is 1. The largest absolute Gasteiger partial charge is 0.503 e. The van der Waals surface area contributed by atoms with Gasteiger partial charge in [0.2, 0.25) is 0 Å². The van der Waals surface area contributed by atoms with Gasteiger partial charge in [0.15, 0.2) is 11.5 Å². The van der Waals surface area contributed by atoms with Gasteiger partial charge in [0.1, 0.15) is 5.75 Å². The number of benzene rings is 1. The van der Waals surface area contributed by atoms with Crippen LogP contribution in [0.5, 0.6) is 5.75 Å². The Kier molecular flexibility index (Phi) is 5.88. The number of hydrogen-bond donors (Lipinski definition) is 1. The van der Waals surface area contributed by atoms with Crippen LogP contribution in [0, 0.1) is 5.92 Å². The number of amides is 1. The van der Waals surface area contributed by atoms with Gasteiger partial charge in [0.25, 0.3) is 5.91 Å². The Morgan fingerprint density at radius 2 is 1.88 bits per heavy atom. The van der Waals surface area contributed by atoms with Gasteiger partial charge >= 0.3 is 0 Å². The molecule has 1 heterocycles. The molecular formula is C20H27NO4. The zero-order valence-corrected chi connectivity index (χ0v) is 15.6. The first-order valence-electron chi connectivity index (χ1n) is 8.83. The molecule has 25 heavy (non-hydrogen) atoms. The molecule has 136 valence electrons. The van der Waals surface area contributed by atoms with Gasteiger partial charge < -0.3 is 14.7 Å². The van der Waals surface area contributed by atoms with E-state index in [1.54, 1.807) is 18.7 Å². The molecule has 1 N–H and O–H groups in total. The predicted molar refractivity (Wildman–Crippen MR) is 96.5 cm³/mol. The molecule has 2 rings (SSSR count). The summed E-state index contributed by atoms with van der Waals surface area (Å²) >= 11 is 0. The summed E-state index contributed by atoms with van der Waals surface area (Å²) in [7, 11) is 0. The van der Waals surface area contributed by atoms with Gasteiger partial charge in [-0.2, -0.15) is 0 Å². The van der Waals surface area contributed by atoms with Crippen LogP contribution in [0.25, 0.3) is 0 Å². The third-order valence-corrected chi connectivity index (χ3v) is 4.13. The lowest BCUT2D eigenvalue weighted by molar-refractivity contribution is -0.129. The summed E-state index contributed by atoms with van der Waals surface area (Å²) < 4.78 is 5.89. The standard InChI is InChI=1S/C20H27NO4/c1-6-11-21-17(14-9-7-8-10-15(14)25-13(4)5)16(18(22)12(2)3)19(23)20(21)24/h7-10,12-13,17,23H,6,11H2,1-5H3. The van der Waals surface area contributed by atoms with Gasteiger partial charge in [-0.05, 0) is 26.3 Å². The van der Waals surface area contributed by atoms with Crippen molar-refractivity contribution in [1.82, 2.24) is 4.90 Å². The molecule has 0 aromatic heterocycles. The Balaban J connectivity index is 2.61. The first kappa shape index (κ1) is 19.0. The summed E-state index contributed by atoms with van der Waals surface area (Å²) in [5, 5.41) is 10.4. The molecule has 1 unspecified atom stereocenters. The van der Waals surface area contributed by atoms with Gasteiger partial charge in [0, 0.05) is 18.0 Å². The minimum Gasteiger partial charge on any atom is -0.503 e. The van der Waals surface area contributed by atoms with Crippen molar-refractivity contribution in [2.45, 2.75) is 53.2 Å². The van der Waals surface area contributed by atoms with Gasteiger partial charge in [-0.1, -0.05) is 39.0 Å². The Morgan fingerprint density at radius 1 is 1.24 bits per heavy atom. The third-order valence-electron chi connectivity index (χ3n) is 4.13. The number of para-hydroxylation sites is 1. The highest BCUT2D eigenvalue weighted by atomic mass is 16.5. The van der Waals surface area contributed by atoms with Gasteiger partial charge in [0.05, 0.1) is 17.7 Å². The molecule has 0 spiro atoms. The van der Waals surface area contributed by atoms with Crippen molar-refractivity contribution >= 4 is 11.7 Å². The maximum absolute atomic E-state index is 12.7. The van der Waals surface area contributed by atoms with E-state index in [9.17, 15) is 14.7 Å². The molecule has 0 radical (unpaired) electrons. The Hall–Kier alpha value is -2.30. The summed E-state index contributed by atoms with van der Waals surface area (Å²) in [5.74, 6) is -0.826. The van der Waals surface area contributed by atoms with Gasteiger partial charge in [-0.15, -0.1) is 0 Å². The fourth-order valence-corrected chi connectivity index (χ4v) is 3.08. The average molecular weight is 345 g/mol. The van der Waals surface area contributed by atoms with Crippen LogP contribution in [0.2, 0.25) is 0 Å². The van der Waals surface area contributed by atoms with E-state index in [4.69, 9.17) is 4.74 Å². The quantitative estimate of drug-likeness (QED) is 0.816. The van der Waals surface area contributed by atoms with Crippen molar-refractivity contribution < 1.29 is 19.4 Å². The Bertz CT molecular complexity index is 691. The first-order chi connectivity index (χ1) is 11.8. The summed E-state index contributed by atoms with van der Waals surface area (Å²) in [6.07, 6.45) is 0.686. The van der Waals surface area contributed by atoms with E-state index in [0.717, 1.165) is 12.0 Å². The number of ketones is 1. The Labute approximate surface area is 149 Å². The number of ether oxygens (including phenoxy) is 1. The van der Waals surface area contributed by atoms with E-state index in [1.165, 1.54) is 0 Å². The van der Waals surface area contributed by atoms with Crippen LogP contribution in [-0.2, 0) is 9.59 Å². The lowest BCUT2D eigenvalue weighted by atomic mass is 9.90. The van der Waals surface area contributed by atoms with Crippen LogP contribution in [0.3, 0.4) is 0 Å². The van der Waals surface area contributed by atoms with Crippen LogP contribution in [0.1, 0.15) is 52.6 Å². The second-order valence-corrected chi connectivity index (χ2v) is 6.89. The topological polar surface area (TPSA) is 66.8 Å². The minimum absolute atomic E-state index is 0.0419. The van der Waals surface area contributed by atoms with E-state index in [-0.39, 0.29) is 23.4 Å². The van der Waals surface area contributed by atoms with Crippen LogP contribution in [-0.4, -0.2) is 34.3 Å². The van der Waals surface area contributed by atoms with Gasteiger partial charge in [-0.25, -0.2) is 0 Å². The first-order valence-corrected chi connectivity index (χ1v) is 8.83. The van der Waals surface area contributed by atoms with E-state index in [1.807, 2.05) is 45.0 Å². The zero-order valence-electron chi connectivity index (χ0n) is 15.6. The van der Waals surface area contributed by atoms with E-state index in [2.05, 4.69) is 0 Å². The van der Waals surface area contributed by atoms with Crippen molar-refractivity contribution in [1.29, 1.82) is 0 Å². The number of carbonyl (C=O) groups excluding carboxylic acids is 2. The van der Waals surface area contributed by atoms with Crippen molar-refractivity contribution in [2.75, 3.05) is 6.54 Å². The molecule has 5 nitrogen and oxygen atoms in total. The molecule has 0 saturated heterocycles. The van der Waals surface area contributed by atoms with Crippen molar-refractivity contribution in [3.05, 3.63) is 41.2 Å². The second kappa shape index (κ2) is 7.72. The summed E-state index contributed by atoms with van der Waals surface area (Å²) in [6.45, 7) is 9.80. The molecule has 0 saturated carbocycles. The molecule has 1 aliphatic rings. The van der Waals surface area contributed by atoms with Crippen LogP contribution in [0.15, 0.2) is 35.6 Å². The number of hydrogen-bond acceptors (Lipinski definition) is 4. The van der Waals surface area contributed by atoms with Crippen LogP contribution in [0.4, 0.5) is 0 Å². The maximum atomic E-state index is 12.7. The number of nitrogens with zero attached hydrogens (tertiary/aromatic N) is 1. The highest BCUT2D eigenvalue weighted by molar-refractivity contribution is 6.09. The third kappa shape index (κ3) is 3.70. The number of Topliss-reactive ketones (excluding diaryl/α,β-unsaturated/α-hetero) is 1. The number of aliphatic hydroxyl groups is 1. The van der Waals surface area contributed by atoms with E-state index >= 15 is 0 Å². The van der Waals surface area contributed by atoms with Crippen molar-refractivity contribution in [2.24, 2.45) is 5.92 Å². The normalized spacial score (nSPS) is 17.8. The molecular weight excluding hydrogens is 318 g/mol. The predicted octanol–water partition coefficient (Wildman–Crippen LogP) is 3.80. The summed E-state index contributed by atoms with van der Waals surface area (Å²) in [5.41, 5.74) is 0.902. The van der Waals surface area contributed by atoms with E-state index < -0.39 is 17.7 Å². The summed E-state index contributed by atoms with van der Waals surface area (Å²) in [6, 6.07) is 6.78. The smallest absolute Gasteiger partial charge is 0.290 e. The lowest BCUT2D eigenvalue weighted by Gasteiger charge is -2.28. The molecule has 0 bridgehead atoms. The fraction of sp³-hybridized carbons (Fsp3) is 0.500. The van der Waals surface area contributed by atoms with Crippen molar-refractivity contribution in [3.8, 4) is 5.75 Å². The molecule has 5 heteroatoms. The second-order valence-electron chi connectivity index (χ2n) is 6.89. The highest BCUT2D eigenvalue weighted by Gasteiger charge is 2.44. The zero-order chi connectivity index (χ0) is 18.7. The summed E-state index contributed by atoms with van der Waals surface area (Å²) in [4.78, 5) is 26.9. The molecule has 1 atom stereocenters. The molecule has 1 amide bonds. The maximum Gasteiger partial charge on any atom is 0.290 e. The molecule has 1 aromatic carbocycles. The number of rotatable bonds is 7. The lowest BCUT2D eigenvalue weighted by Crippen LogP contribution is -2.32. The SMILES string of the molecule is CCCN1C(=O)C(O)=C(C(=O)C(C)C)C1c1ccccc1OC(C)C. The molecule has 0 fully saturated rings. The monoisotopic (exact) mass is 345 g/mol. The average Bonchev–Trinajstić information content (AvgIpc) is 2.79. The minimum atomic E-state index is -0.614. The Morgan fingerprint density at radius 3 is 2.44 bits per heavy atom.